The van der Waals surface area contributed by atoms with E-state index in [1.165, 1.54) is 23.4 Å². The number of methoxy groups -OCH3 is 1. The minimum Gasteiger partial charge on any atom is -0.497 e. The largest absolute Gasteiger partial charge is 0.497 e. The SMILES string of the molecule is COc1ccc(N2c3ccccc3[C@@H]3OCCCC[C@@]32C)cc1. The maximum absolute atomic E-state index is 6.29. The van der Waals surface area contributed by atoms with Gasteiger partial charge in [-0.2, -0.15) is 0 Å². The Bertz CT molecular complexity index is 697. The number of ether oxygens (including phenoxy) is 2. The summed E-state index contributed by atoms with van der Waals surface area (Å²) in [6.45, 7) is 3.19. The predicted octanol–water partition coefficient (Wildman–Crippen LogP) is 4.85. The van der Waals surface area contributed by atoms with E-state index in [2.05, 4.69) is 48.2 Å². The second kappa shape index (κ2) is 5.57. The van der Waals surface area contributed by atoms with Crippen molar-refractivity contribution in [3.8, 4) is 5.75 Å². The molecule has 2 aliphatic heterocycles. The molecule has 0 saturated carbocycles. The molecule has 0 spiro atoms. The van der Waals surface area contributed by atoms with Crippen molar-refractivity contribution in [2.24, 2.45) is 0 Å². The third kappa shape index (κ3) is 2.22. The van der Waals surface area contributed by atoms with Gasteiger partial charge >= 0.3 is 0 Å². The Labute approximate surface area is 137 Å². The molecule has 23 heavy (non-hydrogen) atoms. The van der Waals surface area contributed by atoms with Crippen molar-refractivity contribution in [2.75, 3.05) is 18.6 Å². The summed E-state index contributed by atoms with van der Waals surface area (Å²) in [6.07, 6.45) is 3.62. The first kappa shape index (κ1) is 14.6. The van der Waals surface area contributed by atoms with Gasteiger partial charge in [0.05, 0.1) is 12.6 Å². The molecule has 0 amide bonds. The molecular weight excluding hydrogens is 286 g/mol. The van der Waals surface area contributed by atoms with Gasteiger partial charge in [0.2, 0.25) is 0 Å². The lowest BCUT2D eigenvalue weighted by Gasteiger charge is -2.40. The highest BCUT2D eigenvalue weighted by Crippen LogP contribution is 2.54. The minimum absolute atomic E-state index is 0.0330. The summed E-state index contributed by atoms with van der Waals surface area (Å²) in [7, 11) is 1.71. The van der Waals surface area contributed by atoms with Gasteiger partial charge in [-0.3, -0.25) is 0 Å². The fourth-order valence-electron chi connectivity index (χ4n) is 4.10. The minimum atomic E-state index is -0.0330. The van der Waals surface area contributed by atoms with Crippen LogP contribution in [-0.4, -0.2) is 19.3 Å². The predicted molar refractivity (Wildman–Crippen MR) is 92.5 cm³/mol. The van der Waals surface area contributed by atoms with Crippen LogP contribution in [0.1, 0.15) is 37.9 Å². The third-order valence-electron chi connectivity index (χ3n) is 5.23. The van der Waals surface area contributed by atoms with Gasteiger partial charge in [0, 0.05) is 23.5 Å². The molecule has 0 aromatic heterocycles. The molecule has 0 N–H and O–H groups in total. The molecule has 2 aliphatic rings. The second-order valence-electron chi connectivity index (χ2n) is 6.66. The molecule has 1 saturated heterocycles. The molecule has 2 heterocycles. The van der Waals surface area contributed by atoms with Crippen molar-refractivity contribution in [1.29, 1.82) is 0 Å². The molecule has 120 valence electrons. The number of rotatable bonds is 2. The molecule has 4 rings (SSSR count). The Hall–Kier alpha value is -2.00. The standard InChI is InChI=1S/C20H23NO2/c1-20-13-5-6-14-23-19(20)17-7-3-4-8-18(17)21(20)15-9-11-16(22-2)12-10-15/h3-4,7-12,19H,5-6,13-14H2,1-2H3/t19-,20-/m0/s1. The molecule has 3 heteroatoms. The van der Waals surface area contributed by atoms with E-state index in [9.17, 15) is 0 Å². The first-order chi connectivity index (χ1) is 11.2. The number of nitrogens with zero attached hydrogens (tertiary/aromatic N) is 1. The van der Waals surface area contributed by atoms with Crippen LogP contribution < -0.4 is 9.64 Å². The smallest absolute Gasteiger partial charge is 0.119 e. The molecule has 1 fully saturated rings. The first-order valence-electron chi connectivity index (χ1n) is 8.39. The van der Waals surface area contributed by atoms with Crippen LogP contribution in [0.3, 0.4) is 0 Å². The Morgan fingerprint density at radius 1 is 1.09 bits per heavy atom. The highest BCUT2D eigenvalue weighted by Gasteiger charge is 2.49. The van der Waals surface area contributed by atoms with Gasteiger partial charge in [-0.1, -0.05) is 18.2 Å². The highest BCUT2D eigenvalue weighted by atomic mass is 16.5. The lowest BCUT2D eigenvalue weighted by atomic mass is 9.88. The second-order valence-corrected chi connectivity index (χ2v) is 6.66. The summed E-state index contributed by atoms with van der Waals surface area (Å²) < 4.78 is 11.6. The molecule has 0 radical (unpaired) electrons. The maximum atomic E-state index is 6.29. The Balaban J connectivity index is 1.85. The number of benzene rings is 2. The number of hydrogen-bond acceptors (Lipinski definition) is 3. The molecule has 0 bridgehead atoms. The van der Waals surface area contributed by atoms with E-state index in [0.29, 0.717) is 0 Å². The average Bonchev–Trinajstić information content (AvgIpc) is 2.70. The monoisotopic (exact) mass is 309 g/mol. The van der Waals surface area contributed by atoms with Crippen molar-refractivity contribution in [3.63, 3.8) is 0 Å². The molecular formula is C20H23NO2. The molecule has 2 atom stereocenters. The van der Waals surface area contributed by atoms with Crippen LogP contribution in [0.5, 0.6) is 5.75 Å². The zero-order chi connectivity index (χ0) is 15.9. The number of anilines is 2. The summed E-state index contributed by atoms with van der Waals surface area (Å²) >= 11 is 0. The van der Waals surface area contributed by atoms with Crippen LogP contribution in [0, 0.1) is 0 Å². The number of para-hydroxylation sites is 1. The van der Waals surface area contributed by atoms with Crippen LogP contribution >= 0.6 is 0 Å². The van der Waals surface area contributed by atoms with Gasteiger partial charge in [0.25, 0.3) is 0 Å². The molecule has 2 aromatic carbocycles. The lowest BCUT2D eigenvalue weighted by molar-refractivity contribution is 0.0253. The van der Waals surface area contributed by atoms with Crippen molar-refractivity contribution in [3.05, 3.63) is 54.1 Å². The third-order valence-corrected chi connectivity index (χ3v) is 5.23. The van der Waals surface area contributed by atoms with Gasteiger partial charge in [0.1, 0.15) is 11.9 Å². The van der Waals surface area contributed by atoms with E-state index in [4.69, 9.17) is 9.47 Å². The van der Waals surface area contributed by atoms with E-state index >= 15 is 0 Å². The van der Waals surface area contributed by atoms with Crippen molar-refractivity contribution < 1.29 is 9.47 Å². The van der Waals surface area contributed by atoms with Crippen molar-refractivity contribution in [2.45, 2.75) is 37.8 Å². The van der Waals surface area contributed by atoms with Gasteiger partial charge in [0.15, 0.2) is 0 Å². The Kier molecular flexibility index (Phi) is 3.53. The zero-order valence-corrected chi connectivity index (χ0v) is 13.8. The van der Waals surface area contributed by atoms with E-state index in [1.54, 1.807) is 7.11 Å². The lowest BCUT2D eigenvalue weighted by Crippen LogP contribution is -2.43. The average molecular weight is 309 g/mol. The normalized spacial score (nSPS) is 26.3. The molecule has 3 nitrogen and oxygen atoms in total. The first-order valence-corrected chi connectivity index (χ1v) is 8.39. The van der Waals surface area contributed by atoms with E-state index < -0.39 is 0 Å². The van der Waals surface area contributed by atoms with E-state index in [1.807, 2.05) is 12.1 Å². The number of hydrogen-bond donors (Lipinski definition) is 0. The highest BCUT2D eigenvalue weighted by molar-refractivity contribution is 5.74. The fraction of sp³-hybridized carbons (Fsp3) is 0.400. The van der Waals surface area contributed by atoms with Crippen LogP contribution in [0.15, 0.2) is 48.5 Å². The maximum Gasteiger partial charge on any atom is 0.119 e. The van der Waals surface area contributed by atoms with Crippen LogP contribution in [-0.2, 0) is 4.74 Å². The van der Waals surface area contributed by atoms with Crippen LogP contribution in [0.2, 0.25) is 0 Å². The molecule has 0 unspecified atom stereocenters. The summed E-state index contributed by atoms with van der Waals surface area (Å²) in [5, 5.41) is 0. The number of fused-ring (bicyclic) bond motifs is 3. The molecule has 2 aromatic rings. The van der Waals surface area contributed by atoms with Gasteiger partial charge in [-0.05, 0) is 56.5 Å². The quantitative estimate of drug-likeness (QED) is 0.791. The zero-order valence-electron chi connectivity index (χ0n) is 13.8. The van der Waals surface area contributed by atoms with Gasteiger partial charge < -0.3 is 14.4 Å². The topological polar surface area (TPSA) is 21.7 Å². The summed E-state index contributed by atoms with van der Waals surface area (Å²) in [4.78, 5) is 2.47. The Morgan fingerprint density at radius 2 is 1.87 bits per heavy atom. The Morgan fingerprint density at radius 3 is 2.65 bits per heavy atom. The van der Waals surface area contributed by atoms with Crippen molar-refractivity contribution >= 4 is 11.4 Å². The van der Waals surface area contributed by atoms with Crippen LogP contribution in [0.25, 0.3) is 0 Å². The van der Waals surface area contributed by atoms with E-state index in [0.717, 1.165) is 25.2 Å². The summed E-state index contributed by atoms with van der Waals surface area (Å²) in [5.41, 5.74) is 3.75. The summed E-state index contributed by atoms with van der Waals surface area (Å²) in [6, 6.07) is 17.0. The van der Waals surface area contributed by atoms with Gasteiger partial charge in [-0.15, -0.1) is 0 Å². The molecule has 0 aliphatic carbocycles. The van der Waals surface area contributed by atoms with Crippen molar-refractivity contribution in [1.82, 2.24) is 0 Å². The summed E-state index contributed by atoms with van der Waals surface area (Å²) in [5.74, 6) is 0.889. The van der Waals surface area contributed by atoms with Gasteiger partial charge in [-0.25, -0.2) is 0 Å². The fourth-order valence-corrected chi connectivity index (χ4v) is 4.10. The van der Waals surface area contributed by atoms with Crippen LogP contribution in [0.4, 0.5) is 11.4 Å². The van der Waals surface area contributed by atoms with E-state index in [-0.39, 0.29) is 11.6 Å².